The molecule has 1 aromatic rings. The van der Waals surface area contributed by atoms with Crippen LogP contribution in [-0.2, 0) is 13.7 Å². The molecule has 0 aliphatic heterocycles. The van der Waals surface area contributed by atoms with Gasteiger partial charge in [-0.05, 0) is 6.92 Å². The summed E-state index contributed by atoms with van der Waals surface area (Å²) in [5.41, 5.74) is 1.73. The van der Waals surface area contributed by atoms with Crippen LogP contribution in [0.3, 0.4) is 0 Å². The van der Waals surface area contributed by atoms with E-state index in [0.29, 0.717) is 13.1 Å². The van der Waals surface area contributed by atoms with Crippen molar-refractivity contribution in [2.45, 2.75) is 13.5 Å². The third-order valence-corrected chi connectivity index (χ3v) is 2.47. The molecule has 0 saturated heterocycles. The SMILES string of the molecule is C=CCN(CC=C)c1c(CO)c(C)nn1C. The van der Waals surface area contributed by atoms with Gasteiger partial charge in [-0.25, -0.2) is 0 Å². The smallest absolute Gasteiger partial charge is 0.132 e. The van der Waals surface area contributed by atoms with Crippen LogP contribution in [0, 0.1) is 6.92 Å². The third-order valence-electron chi connectivity index (χ3n) is 2.47. The van der Waals surface area contributed by atoms with Gasteiger partial charge in [0.2, 0.25) is 0 Å². The first-order valence-electron chi connectivity index (χ1n) is 5.25. The number of aliphatic hydroxyl groups is 1. The predicted molar refractivity (Wildman–Crippen MR) is 66.5 cm³/mol. The zero-order valence-electron chi connectivity index (χ0n) is 9.98. The van der Waals surface area contributed by atoms with Crippen molar-refractivity contribution in [1.29, 1.82) is 0 Å². The minimum absolute atomic E-state index is 0.000206. The second-order valence-corrected chi connectivity index (χ2v) is 3.65. The molecule has 4 heteroatoms. The molecule has 0 unspecified atom stereocenters. The summed E-state index contributed by atoms with van der Waals surface area (Å²) >= 11 is 0. The molecule has 0 atom stereocenters. The average molecular weight is 221 g/mol. The van der Waals surface area contributed by atoms with Gasteiger partial charge in [-0.1, -0.05) is 12.2 Å². The minimum atomic E-state index is -0.000206. The van der Waals surface area contributed by atoms with E-state index in [1.165, 1.54) is 0 Å². The van der Waals surface area contributed by atoms with E-state index >= 15 is 0 Å². The molecular formula is C12H19N3O. The van der Waals surface area contributed by atoms with Crippen molar-refractivity contribution in [3.05, 3.63) is 36.6 Å². The molecule has 1 heterocycles. The summed E-state index contributed by atoms with van der Waals surface area (Å²) in [6.45, 7) is 10.8. The van der Waals surface area contributed by atoms with E-state index in [0.717, 1.165) is 17.1 Å². The van der Waals surface area contributed by atoms with Gasteiger partial charge in [-0.15, -0.1) is 13.2 Å². The summed E-state index contributed by atoms with van der Waals surface area (Å²) < 4.78 is 1.79. The lowest BCUT2D eigenvalue weighted by Gasteiger charge is -2.22. The topological polar surface area (TPSA) is 41.3 Å². The largest absolute Gasteiger partial charge is 0.391 e. The normalized spacial score (nSPS) is 10.2. The first kappa shape index (κ1) is 12.5. The zero-order chi connectivity index (χ0) is 12.1. The Balaban J connectivity index is 3.15. The van der Waals surface area contributed by atoms with E-state index in [1.807, 2.05) is 26.1 Å². The maximum Gasteiger partial charge on any atom is 0.132 e. The van der Waals surface area contributed by atoms with Gasteiger partial charge in [0, 0.05) is 25.7 Å². The lowest BCUT2D eigenvalue weighted by molar-refractivity contribution is 0.281. The van der Waals surface area contributed by atoms with E-state index in [-0.39, 0.29) is 6.61 Å². The molecule has 88 valence electrons. The van der Waals surface area contributed by atoms with Crippen molar-refractivity contribution in [3.63, 3.8) is 0 Å². The first-order valence-corrected chi connectivity index (χ1v) is 5.25. The summed E-state index contributed by atoms with van der Waals surface area (Å²) in [4.78, 5) is 2.07. The van der Waals surface area contributed by atoms with Gasteiger partial charge in [0.15, 0.2) is 0 Å². The molecule has 0 fully saturated rings. The highest BCUT2D eigenvalue weighted by atomic mass is 16.3. The molecular weight excluding hydrogens is 202 g/mol. The Morgan fingerprint density at radius 2 is 1.94 bits per heavy atom. The van der Waals surface area contributed by atoms with Crippen LogP contribution in [0.5, 0.6) is 0 Å². The van der Waals surface area contributed by atoms with Gasteiger partial charge in [-0.2, -0.15) is 5.10 Å². The van der Waals surface area contributed by atoms with E-state index < -0.39 is 0 Å². The van der Waals surface area contributed by atoms with Crippen LogP contribution in [0.15, 0.2) is 25.3 Å². The number of hydrogen-bond acceptors (Lipinski definition) is 3. The van der Waals surface area contributed by atoms with Gasteiger partial charge >= 0.3 is 0 Å². The Morgan fingerprint density at radius 3 is 2.38 bits per heavy atom. The van der Waals surface area contributed by atoms with E-state index in [1.54, 1.807) is 4.68 Å². The fourth-order valence-corrected chi connectivity index (χ4v) is 1.83. The lowest BCUT2D eigenvalue weighted by Crippen LogP contribution is -2.26. The van der Waals surface area contributed by atoms with Crippen LogP contribution in [-0.4, -0.2) is 28.0 Å². The molecule has 16 heavy (non-hydrogen) atoms. The number of aromatic nitrogens is 2. The highest BCUT2D eigenvalue weighted by Gasteiger charge is 2.16. The van der Waals surface area contributed by atoms with Crippen molar-refractivity contribution in [2.24, 2.45) is 7.05 Å². The molecule has 0 aliphatic carbocycles. The Hall–Kier alpha value is -1.55. The maximum atomic E-state index is 9.37. The minimum Gasteiger partial charge on any atom is -0.391 e. The van der Waals surface area contributed by atoms with Crippen LogP contribution in [0.4, 0.5) is 5.82 Å². The molecule has 4 nitrogen and oxygen atoms in total. The zero-order valence-corrected chi connectivity index (χ0v) is 9.98. The Kier molecular flexibility index (Phi) is 4.31. The fourth-order valence-electron chi connectivity index (χ4n) is 1.83. The summed E-state index contributed by atoms with van der Waals surface area (Å²) in [7, 11) is 1.88. The van der Waals surface area contributed by atoms with E-state index in [9.17, 15) is 5.11 Å². The van der Waals surface area contributed by atoms with Crippen molar-refractivity contribution < 1.29 is 5.11 Å². The molecule has 1 aromatic heterocycles. The molecule has 0 bridgehead atoms. The molecule has 0 aromatic carbocycles. The molecule has 0 amide bonds. The number of hydrogen-bond donors (Lipinski definition) is 1. The van der Waals surface area contributed by atoms with Crippen LogP contribution < -0.4 is 4.90 Å². The third kappa shape index (κ3) is 2.33. The molecule has 0 saturated carbocycles. The molecule has 0 radical (unpaired) electrons. The molecule has 0 aliphatic rings. The number of nitrogens with zero attached hydrogens (tertiary/aromatic N) is 3. The highest BCUT2D eigenvalue weighted by molar-refractivity contribution is 5.50. The van der Waals surface area contributed by atoms with Crippen molar-refractivity contribution >= 4 is 5.82 Å². The van der Waals surface area contributed by atoms with Gasteiger partial charge in [0.1, 0.15) is 5.82 Å². The van der Waals surface area contributed by atoms with E-state index in [2.05, 4.69) is 23.2 Å². The number of aliphatic hydroxyl groups excluding tert-OH is 1. The van der Waals surface area contributed by atoms with Gasteiger partial charge in [0.25, 0.3) is 0 Å². The highest BCUT2D eigenvalue weighted by Crippen LogP contribution is 2.23. The second-order valence-electron chi connectivity index (χ2n) is 3.65. The van der Waals surface area contributed by atoms with Gasteiger partial charge in [0.05, 0.1) is 12.3 Å². The van der Waals surface area contributed by atoms with Gasteiger partial charge in [-0.3, -0.25) is 4.68 Å². The van der Waals surface area contributed by atoms with Gasteiger partial charge < -0.3 is 10.0 Å². The van der Waals surface area contributed by atoms with Crippen molar-refractivity contribution in [2.75, 3.05) is 18.0 Å². The quantitative estimate of drug-likeness (QED) is 0.738. The molecule has 1 N–H and O–H groups in total. The monoisotopic (exact) mass is 221 g/mol. The van der Waals surface area contributed by atoms with Crippen LogP contribution >= 0.6 is 0 Å². The van der Waals surface area contributed by atoms with Crippen molar-refractivity contribution in [3.8, 4) is 0 Å². The van der Waals surface area contributed by atoms with Crippen LogP contribution in [0.2, 0.25) is 0 Å². The average Bonchev–Trinajstić information content (AvgIpc) is 2.52. The Labute approximate surface area is 96.5 Å². The summed E-state index contributed by atoms with van der Waals surface area (Å²) in [6, 6.07) is 0. The summed E-state index contributed by atoms with van der Waals surface area (Å²) in [5.74, 6) is 0.930. The second kappa shape index (κ2) is 5.51. The van der Waals surface area contributed by atoms with Crippen LogP contribution in [0.1, 0.15) is 11.3 Å². The molecule has 0 spiro atoms. The summed E-state index contributed by atoms with van der Waals surface area (Å²) in [5, 5.41) is 13.7. The predicted octanol–water partition coefficient (Wildman–Crippen LogP) is 1.40. The van der Waals surface area contributed by atoms with E-state index in [4.69, 9.17) is 0 Å². The standard InChI is InChI=1S/C12H19N3O/c1-5-7-15(8-6-2)12-11(9-16)10(3)13-14(12)4/h5-6,16H,1-2,7-9H2,3-4H3. The van der Waals surface area contributed by atoms with Crippen LogP contribution in [0.25, 0.3) is 0 Å². The number of aryl methyl sites for hydroxylation is 2. The lowest BCUT2D eigenvalue weighted by atomic mass is 10.2. The van der Waals surface area contributed by atoms with Crippen molar-refractivity contribution in [1.82, 2.24) is 9.78 Å². The molecule has 1 rings (SSSR count). The maximum absolute atomic E-state index is 9.37. The fraction of sp³-hybridized carbons (Fsp3) is 0.417. The first-order chi connectivity index (χ1) is 7.65. The number of anilines is 1. The number of rotatable bonds is 6. The summed E-state index contributed by atoms with van der Waals surface area (Å²) in [6.07, 6.45) is 3.65. The Bertz CT molecular complexity index is 372. The Morgan fingerprint density at radius 1 is 1.38 bits per heavy atom.